The minimum Gasteiger partial charge on any atom is -0.492 e. The second kappa shape index (κ2) is 7.80. The largest absolute Gasteiger partial charge is 0.492 e. The Bertz CT molecular complexity index is 1030. The number of aryl methyl sites for hydroxylation is 1. The molecule has 0 radical (unpaired) electrons. The number of benzene rings is 2. The van der Waals surface area contributed by atoms with Crippen molar-refractivity contribution in [2.24, 2.45) is 5.92 Å². The highest BCUT2D eigenvalue weighted by Gasteiger charge is 2.36. The number of carbonyl (C=O) groups is 1. The Balaban J connectivity index is 1.42. The van der Waals surface area contributed by atoms with Gasteiger partial charge in [0, 0.05) is 18.2 Å². The number of nitrogens with one attached hydrogen (secondary N) is 1. The zero-order valence-corrected chi connectivity index (χ0v) is 17.5. The summed E-state index contributed by atoms with van der Waals surface area (Å²) in [6.45, 7) is 4.59. The number of rotatable bonds is 7. The lowest BCUT2D eigenvalue weighted by atomic mass is 10.2. The van der Waals surface area contributed by atoms with Crippen LogP contribution in [0, 0.1) is 12.8 Å². The van der Waals surface area contributed by atoms with Crippen molar-refractivity contribution in [1.29, 1.82) is 0 Å². The van der Waals surface area contributed by atoms with Crippen molar-refractivity contribution in [3.63, 3.8) is 0 Å². The molecule has 1 aliphatic heterocycles. The zero-order chi connectivity index (χ0) is 20.6. The average molecular weight is 415 g/mol. The van der Waals surface area contributed by atoms with Gasteiger partial charge in [-0.3, -0.25) is 4.79 Å². The highest BCUT2D eigenvalue weighted by Crippen LogP contribution is 2.37. The Morgan fingerprint density at radius 2 is 2.00 bits per heavy atom. The fourth-order valence-corrected chi connectivity index (χ4v) is 4.90. The highest BCUT2D eigenvalue weighted by molar-refractivity contribution is 7.89. The highest BCUT2D eigenvalue weighted by atomic mass is 32.2. The summed E-state index contributed by atoms with van der Waals surface area (Å²) < 4.78 is 34.0. The van der Waals surface area contributed by atoms with Crippen molar-refractivity contribution in [3.8, 4) is 5.75 Å². The number of carbonyl (C=O) groups excluding carboxylic acids is 1. The molecule has 2 aromatic carbocycles. The summed E-state index contributed by atoms with van der Waals surface area (Å²) in [5.41, 5.74) is 2.76. The number of sulfonamides is 1. The molecule has 1 fully saturated rings. The standard InChI is InChI=1S/C22H26N2O4S/c1-15-5-3-4-6-21(15)28-14-16(2)23-29(26,27)19-9-10-20-18(13-19)11-12-24(20)22(25)17-7-8-17/h3-6,9-10,13,16-17,23H,7-8,11-12,14H2,1-2H3. The first-order chi connectivity index (χ1) is 13.8. The van der Waals surface area contributed by atoms with Crippen molar-refractivity contribution < 1.29 is 17.9 Å². The molecular weight excluding hydrogens is 388 g/mol. The number of hydrogen-bond donors (Lipinski definition) is 1. The quantitative estimate of drug-likeness (QED) is 0.756. The Labute approximate surface area is 171 Å². The van der Waals surface area contributed by atoms with Crippen LogP contribution in [-0.2, 0) is 21.2 Å². The monoisotopic (exact) mass is 414 g/mol. The van der Waals surface area contributed by atoms with E-state index in [4.69, 9.17) is 4.74 Å². The minimum absolute atomic E-state index is 0.153. The molecule has 154 valence electrons. The Hall–Kier alpha value is -2.38. The van der Waals surface area contributed by atoms with Crippen molar-refractivity contribution in [2.75, 3.05) is 18.1 Å². The fourth-order valence-electron chi connectivity index (χ4n) is 3.62. The number of para-hydroxylation sites is 1. The summed E-state index contributed by atoms with van der Waals surface area (Å²) in [5.74, 6) is 1.07. The number of fused-ring (bicyclic) bond motifs is 1. The van der Waals surface area contributed by atoms with Crippen LogP contribution >= 0.6 is 0 Å². The third-order valence-electron chi connectivity index (χ3n) is 5.39. The first-order valence-corrected chi connectivity index (χ1v) is 11.5. The molecule has 1 N–H and O–H groups in total. The first kappa shape index (κ1) is 19.9. The van der Waals surface area contributed by atoms with Crippen molar-refractivity contribution in [2.45, 2.75) is 44.0 Å². The van der Waals surface area contributed by atoms with Crippen molar-refractivity contribution in [3.05, 3.63) is 53.6 Å². The van der Waals surface area contributed by atoms with Gasteiger partial charge in [0.2, 0.25) is 15.9 Å². The number of amides is 1. The van der Waals surface area contributed by atoms with Gasteiger partial charge in [-0.05, 0) is 68.5 Å². The molecule has 2 aromatic rings. The third-order valence-corrected chi connectivity index (χ3v) is 6.98. The fraction of sp³-hybridized carbons (Fsp3) is 0.409. The third kappa shape index (κ3) is 4.31. The number of nitrogens with zero attached hydrogens (tertiary/aromatic N) is 1. The molecule has 1 atom stereocenters. The second-order valence-corrected chi connectivity index (χ2v) is 9.62. The van der Waals surface area contributed by atoms with Crippen LogP contribution in [0.1, 0.15) is 30.9 Å². The lowest BCUT2D eigenvalue weighted by molar-refractivity contribution is -0.119. The number of anilines is 1. The predicted octanol–water partition coefficient (Wildman–Crippen LogP) is 3.04. The van der Waals surface area contributed by atoms with Gasteiger partial charge in [0.05, 0.1) is 10.9 Å². The van der Waals surface area contributed by atoms with E-state index < -0.39 is 10.0 Å². The van der Waals surface area contributed by atoms with E-state index in [1.54, 1.807) is 30.0 Å². The molecule has 0 saturated heterocycles. The zero-order valence-electron chi connectivity index (χ0n) is 16.7. The van der Waals surface area contributed by atoms with Gasteiger partial charge in [-0.2, -0.15) is 0 Å². The lowest BCUT2D eigenvalue weighted by Crippen LogP contribution is -2.36. The van der Waals surface area contributed by atoms with Crippen LogP contribution in [0.15, 0.2) is 47.4 Å². The maximum Gasteiger partial charge on any atom is 0.240 e. The van der Waals surface area contributed by atoms with Crippen LogP contribution < -0.4 is 14.4 Å². The summed E-state index contributed by atoms with van der Waals surface area (Å²) >= 11 is 0. The number of hydrogen-bond acceptors (Lipinski definition) is 4. The topological polar surface area (TPSA) is 75.7 Å². The summed E-state index contributed by atoms with van der Waals surface area (Å²) in [4.78, 5) is 14.4. The molecule has 7 heteroatoms. The average Bonchev–Trinajstić information content (AvgIpc) is 3.45. The molecule has 1 amide bonds. The van der Waals surface area contributed by atoms with Gasteiger partial charge in [-0.15, -0.1) is 0 Å². The SMILES string of the molecule is Cc1ccccc1OCC(C)NS(=O)(=O)c1ccc2c(c1)CCN2C(=O)C1CC1. The summed E-state index contributed by atoms with van der Waals surface area (Å²) in [6, 6.07) is 12.3. The van der Waals surface area contributed by atoms with Gasteiger partial charge < -0.3 is 9.64 Å². The van der Waals surface area contributed by atoms with Crippen molar-refractivity contribution in [1.82, 2.24) is 4.72 Å². The molecule has 0 aromatic heterocycles. The second-order valence-electron chi connectivity index (χ2n) is 7.90. The van der Waals surface area contributed by atoms with Gasteiger partial charge in [-0.25, -0.2) is 13.1 Å². The van der Waals surface area contributed by atoms with Gasteiger partial charge >= 0.3 is 0 Å². The molecular formula is C22H26N2O4S. The van der Waals surface area contributed by atoms with Gasteiger partial charge in [-0.1, -0.05) is 18.2 Å². The summed E-state index contributed by atoms with van der Waals surface area (Å²) in [5, 5.41) is 0. The van der Waals surface area contributed by atoms with Crippen LogP contribution in [0.2, 0.25) is 0 Å². The van der Waals surface area contributed by atoms with E-state index >= 15 is 0 Å². The minimum atomic E-state index is -3.67. The molecule has 1 saturated carbocycles. The molecule has 0 bridgehead atoms. The number of ether oxygens (including phenoxy) is 1. The Morgan fingerprint density at radius 1 is 1.24 bits per heavy atom. The van der Waals surface area contributed by atoms with E-state index in [2.05, 4.69) is 4.72 Å². The van der Waals surface area contributed by atoms with E-state index in [-0.39, 0.29) is 29.4 Å². The molecule has 1 unspecified atom stereocenters. The van der Waals surface area contributed by atoms with E-state index in [0.29, 0.717) is 13.0 Å². The van der Waals surface area contributed by atoms with E-state index in [1.807, 2.05) is 31.2 Å². The summed E-state index contributed by atoms with van der Waals surface area (Å²) in [7, 11) is -3.67. The molecule has 1 heterocycles. The molecule has 29 heavy (non-hydrogen) atoms. The van der Waals surface area contributed by atoms with Crippen LogP contribution in [0.4, 0.5) is 5.69 Å². The van der Waals surface area contributed by atoms with Crippen LogP contribution in [-0.4, -0.2) is 33.5 Å². The van der Waals surface area contributed by atoms with E-state index in [9.17, 15) is 13.2 Å². The van der Waals surface area contributed by atoms with Crippen LogP contribution in [0.3, 0.4) is 0 Å². The Morgan fingerprint density at radius 3 is 2.72 bits per heavy atom. The van der Waals surface area contributed by atoms with Crippen LogP contribution in [0.5, 0.6) is 5.75 Å². The van der Waals surface area contributed by atoms with Gasteiger partial charge in [0.15, 0.2) is 0 Å². The molecule has 1 aliphatic carbocycles. The van der Waals surface area contributed by atoms with Gasteiger partial charge in [0.1, 0.15) is 12.4 Å². The normalized spacial score (nSPS) is 17.1. The predicted molar refractivity (Wildman–Crippen MR) is 112 cm³/mol. The lowest BCUT2D eigenvalue weighted by Gasteiger charge is -2.18. The maximum absolute atomic E-state index is 12.8. The van der Waals surface area contributed by atoms with E-state index in [0.717, 1.165) is 35.4 Å². The summed E-state index contributed by atoms with van der Waals surface area (Å²) in [6.07, 6.45) is 2.61. The maximum atomic E-state index is 12.8. The van der Waals surface area contributed by atoms with E-state index in [1.165, 1.54) is 0 Å². The molecule has 6 nitrogen and oxygen atoms in total. The molecule has 0 spiro atoms. The van der Waals surface area contributed by atoms with Crippen molar-refractivity contribution >= 4 is 21.6 Å². The Kier molecular flexibility index (Phi) is 5.36. The molecule has 2 aliphatic rings. The van der Waals surface area contributed by atoms with Gasteiger partial charge in [0.25, 0.3) is 0 Å². The van der Waals surface area contributed by atoms with Crippen LogP contribution in [0.25, 0.3) is 0 Å². The first-order valence-electron chi connectivity index (χ1n) is 10.0. The smallest absolute Gasteiger partial charge is 0.240 e. The molecule has 4 rings (SSSR count).